The lowest BCUT2D eigenvalue weighted by atomic mass is 10.2. The molecule has 5 nitrogen and oxygen atoms in total. The maximum absolute atomic E-state index is 12.2. The lowest BCUT2D eigenvalue weighted by molar-refractivity contribution is 0.0953. The Morgan fingerprint density at radius 3 is 2.96 bits per heavy atom. The molecule has 0 aromatic heterocycles. The van der Waals surface area contributed by atoms with E-state index in [1.54, 1.807) is 18.2 Å². The molecule has 0 atom stereocenters. The van der Waals surface area contributed by atoms with E-state index in [1.165, 1.54) is 11.3 Å². The van der Waals surface area contributed by atoms with Crippen molar-refractivity contribution in [1.29, 1.82) is 0 Å². The van der Waals surface area contributed by atoms with Crippen molar-refractivity contribution in [2.45, 2.75) is 12.8 Å². The summed E-state index contributed by atoms with van der Waals surface area (Å²) in [5.74, 6) is 1.26. The molecule has 1 amide bonds. The first-order chi connectivity index (χ1) is 11.8. The van der Waals surface area contributed by atoms with E-state index in [1.807, 2.05) is 0 Å². The molecule has 0 saturated carbocycles. The summed E-state index contributed by atoms with van der Waals surface area (Å²) in [6.45, 7) is 2.90. The number of hydrogen-bond acceptors (Lipinski definition) is 4. The van der Waals surface area contributed by atoms with Gasteiger partial charge in [-0.2, -0.15) is 0 Å². The molecule has 1 N–H and O–H groups in total. The van der Waals surface area contributed by atoms with Gasteiger partial charge in [0.15, 0.2) is 11.5 Å². The highest BCUT2D eigenvalue weighted by atomic mass is 16.7. The summed E-state index contributed by atoms with van der Waals surface area (Å²) in [6.07, 6.45) is 2.03. The van der Waals surface area contributed by atoms with E-state index in [0.29, 0.717) is 23.6 Å². The van der Waals surface area contributed by atoms with Crippen molar-refractivity contribution in [1.82, 2.24) is 5.32 Å². The third-order valence-electron chi connectivity index (χ3n) is 4.51. The normalized spacial score (nSPS) is 14.6. The van der Waals surface area contributed by atoms with Gasteiger partial charge in [0.1, 0.15) is 0 Å². The average Bonchev–Trinajstić information content (AvgIpc) is 3.24. The number of benzene rings is 2. The van der Waals surface area contributed by atoms with Crippen molar-refractivity contribution in [3.05, 3.63) is 53.6 Å². The van der Waals surface area contributed by atoms with Crippen LogP contribution in [-0.2, 0) is 6.42 Å². The first-order valence-electron chi connectivity index (χ1n) is 8.32. The molecule has 0 aliphatic carbocycles. The minimum atomic E-state index is -0.0740. The van der Waals surface area contributed by atoms with Crippen LogP contribution in [0.1, 0.15) is 22.3 Å². The molecule has 4 rings (SSSR count). The topological polar surface area (TPSA) is 50.8 Å². The smallest absolute Gasteiger partial charge is 0.251 e. The zero-order chi connectivity index (χ0) is 16.4. The Morgan fingerprint density at radius 2 is 2.00 bits per heavy atom. The van der Waals surface area contributed by atoms with Gasteiger partial charge in [-0.15, -0.1) is 0 Å². The lowest BCUT2D eigenvalue weighted by Gasteiger charge is -2.19. The van der Waals surface area contributed by atoms with Crippen LogP contribution < -0.4 is 19.7 Å². The van der Waals surface area contributed by atoms with E-state index in [0.717, 1.165) is 25.9 Å². The molecule has 24 heavy (non-hydrogen) atoms. The fraction of sp³-hybridized carbons (Fsp3) is 0.316. The number of rotatable bonds is 5. The standard InChI is InChI=1S/C19H20N2O3/c22-19(15-6-7-17-18(12-15)24-13-23-17)20-9-3-10-21-11-8-14-4-1-2-5-16(14)21/h1-2,4-7,12H,3,8-11,13H2,(H,20,22). The highest BCUT2D eigenvalue weighted by molar-refractivity contribution is 5.94. The van der Waals surface area contributed by atoms with Gasteiger partial charge in [0, 0.05) is 30.9 Å². The zero-order valence-corrected chi connectivity index (χ0v) is 13.5. The Bertz CT molecular complexity index is 760. The molecule has 2 aromatic carbocycles. The van der Waals surface area contributed by atoms with Crippen LogP contribution in [0.4, 0.5) is 5.69 Å². The SMILES string of the molecule is O=C(NCCCN1CCc2ccccc21)c1ccc2c(c1)OCO2. The Morgan fingerprint density at radius 1 is 1.12 bits per heavy atom. The van der Waals surface area contributed by atoms with Crippen molar-refractivity contribution < 1.29 is 14.3 Å². The van der Waals surface area contributed by atoms with Crippen LogP contribution in [-0.4, -0.2) is 32.3 Å². The summed E-state index contributed by atoms with van der Waals surface area (Å²) in [5.41, 5.74) is 3.35. The molecule has 0 fully saturated rings. The van der Waals surface area contributed by atoms with Crippen molar-refractivity contribution >= 4 is 11.6 Å². The minimum Gasteiger partial charge on any atom is -0.454 e. The summed E-state index contributed by atoms with van der Waals surface area (Å²) in [5, 5.41) is 2.98. The van der Waals surface area contributed by atoms with Crippen LogP contribution >= 0.6 is 0 Å². The highest BCUT2D eigenvalue weighted by Gasteiger charge is 2.18. The third-order valence-corrected chi connectivity index (χ3v) is 4.51. The highest BCUT2D eigenvalue weighted by Crippen LogP contribution is 2.32. The maximum Gasteiger partial charge on any atom is 0.251 e. The van der Waals surface area contributed by atoms with Crippen LogP contribution in [0.5, 0.6) is 11.5 Å². The monoisotopic (exact) mass is 324 g/mol. The number of amides is 1. The molecule has 2 aromatic rings. The predicted octanol–water partition coefficient (Wildman–Crippen LogP) is 2.60. The van der Waals surface area contributed by atoms with Crippen molar-refractivity contribution in [2.75, 3.05) is 31.3 Å². The second kappa shape index (κ2) is 6.43. The van der Waals surface area contributed by atoms with E-state index in [4.69, 9.17) is 9.47 Å². The number of hydrogen-bond donors (Lipinski definition) is 1. The molecule has 0 radical (unpaired) electrons. The number of fused-ring (bicyclic) bond motifs is 2. The van der Waals surface area contributed by atoms with Gasteiger partial charge in [0.25, 0.3) is 5.91 Å². The van der Waals surface area contributed by atoms with E-state index >= 15 is 0 Å². The Labute approximate surface area is 141 Å². The molecule has 0 spiro atoms. The third kappa shape index (κ3) is 2.89. The van der Waals surface area contributed by atoms with Gasteiger partial charge in [-0.3, -0.25) is 4.79 Å². The minimum absolute atomic E-state index is 0.0740. The lowest BCUT2D eigenvalue weighted by Crippen LogP contribution is -2.29. The fourth-order valence-corrected chi connectivity index (χ4v) is 3.25. The van der Waals surface area contributed by atoms with Gasteiger partial charge in [-0.05, 0) is 42.7 Å². The molecular formula is C19H20N2O3. The van der Waals surface area contributed by atoms with Gasteiger partial charge < -0.3 is 19.7 Å². The van der Waals surface area contributed by atoms with Crippen molar-refractivity contribution in [2.24, 2.45) is 0 Å². The average molecular weight is 324 g/mol. The summed E-state index contributed by atoms with van der Waals surface area (Å²) in [4.78, 5) is 14.6. The Balaban J connectivity index is 1.27. The summed E-state index contributed by atoms with van der Waals surface area (Å²) in [6, 6.07) is 13.8. The number of carbonyl (C=O) groups excluding carboxylic acids is 1. The molecule has 124 valence electrons. The number of carbonyl (C=O) groups is 1. The summed E-state index contributed by atoms with van der Waals surface area (Å²) >= 11 is 0. The Kier molecular flexibility index (Phi) is 3.99. The molecule has 0 saturated heterocycles. The van der Waals surface area contributed by atoms with Crippen LogP contribution in [0.2, 0.25) is 0 Å². The van der Waals surface area contributed by atoms with Crippen LogP contribution in [0.15, 0.2) is 42.5 Å². The van der Waals surface area contributed by atoms with E-state index < -0.39 is 0 Å². The second-order valence-corrected chi connectivity index (χ2v) is 6.04. The Hall–Kier alpha value is -2.69. The van der Waals surface area contributed by atoms with Gasteiger partial charge in [0.2, 0.25) is 6.79 Å². The molecule has 0 bridgehead atoms. The molecule has 2 aliphatic heterocycles. The maximum atomic E-state index is 12.2. The van der Waals surface area contributed by atoms with Crippen LogP contribution in [0, 0.1) is 0 Å². The van der Waals surface area contributed by atoms with Gasteiger partial charge in [-0.1, -0.05) is 18.2 Å². The van der Waals surface area contributed by atoms with Gasteiger partial charge in [0.05, 0.1) is 0 Å². The first-order valence-corrected chi connectivity index (χ1v) is 8.32. The summed E-state index contributed by atoms with van der Waals surface area (Å²) < 4.78 is 10.6. The fourth-order valence-electron chi connectivity index (χ4n) is 3.25. The molecular weight excluding hydrogens is 304 g/mol. The number of ether oxygens (including phenoxy) is 2. The van der Waals surface area contributed by atoms with E-state index in [-0.39, 0.29) is 12.7 Å². The van der Waals surface area contributed by atoms with Crippen LogP contribution in [0.25, 0.3) is 0 Å². The second-order valence-electron chi connectivity index (χ2n) is 6.04. The van der Waals surface area contributed by atoms with E-state index in [2.05, 4.69) is 34.5 Å². The van der Waals surface area contributed by atoms with Gasteiger partial charge >= 0.3 is 0 Å². The molecule has 0 unspecified atom stereocenters. The van der Waals surface area contributed by atoms with Gasteiger partial charge in [-0.25, -0.2) is 0 Å². The molecule has 5 heteroatoms. The quantitative estimate of drug-likeness (QED) is 0.859. The predicted molar refractivity (Wildman–Crippen MR) is 91.9 cm³/mol. The number of nitrogens with one attached hydrogen (secondary N) is 1. The van der Waals surface area contributed by atoms with Crippen molar-refractivity contribution in [3.63, 3.8) is 0 Å². The number of para-hydroxylation sites is 1. The largest absolute Gasteiger partial charge is 0.454 e. The summed E-state index contributed by atoms with van der Waals surface area (Å²) in [7, 11) is 0. The molecule has 2 aliphatic rings. The van der Waals surface area contributed by atoms with Crippen molar-refractivity contribution in [3.8, 4) is 11.5 Å². The first kappa shape index (κ1) is 14.9. The van der Waals surface area contributed by atoms with Crippen LogP contribution in [0.3, 0.4) is 0 Å². The number of anilines is 1. The zero-order valence-electron chi connectivity index (χ0n) is 13.5. The number of nitrogens with zero attached hydrogens (tertiary/aromatic N) is 1. The molecule has 2 heterocycles. The van der Waals surface area contributed by atoms with E-state index in [9.17, 15) is 4.79 Å².